The number of hydrogen-bond donors (Lipinski definition) is 5. The molecule has 33 heavy (non-hydrogen) atoms. The molecule has 11 heteroatoms. The molecule has 3 aromatic heterocycles. The Morgan fingerprint density at radius 2 is 2.03 bits per heavy atom. The number of H-pyrrole nitrogens is 2. The number of aromatic nitrogens is 5. The number of benzene rings is 1. The highest BCUT2D eigenvalue weighted by atomic mass is 35.5. The van der Waals surface area contributed by atoms with Gasteiger partial charge in [0.25, 0.3) is 5.91 Å². The summed E-state index contributed by atoms with van der Waals surface area (Å²) in [5, 5.41) is 22.8. The van der Waals surface area contributed by atoms with Gasteiger partial charge in [0, 0.05) is 29.5 Å². The number of carbonyl (C=O) groups excluding carboxylic acids is 1. The minimum absolute atomic E-state index is 0.115. The Kier molecular flexibility index (Phi) is 5.59. The van der Waals surface area contributed by atoms with Crippen molar-refractivity contribution in [3.63, 3.8) is 0 Å². The van der Waals surface area contributed by atoms with Crippen molar-refractivity contribution in [2.24, 2.45) is 0 Å². The van der Waals surface area contributed by atoms with Crippen molar-refractivity contribution in [1.82, 2.24) is 35.8 Å². The van der Waals surface area contributed by atoms with Crippen LogP contribution in [0.4, 0.5) is 4.79 Å². The molecule has 1 aliphatic carbocycles. The van der Waals surface area contributed by atoms with Crippen LogP contribution in [-0.2, 0) is 5.88 Å². The fraction of sp³-hybridized carbons (Fsp3) is 0.318. The Morgan fingerprint density at radius 1 is 1.21 bits per heavy atom. The molecule has 5 rings (SSSR count). The molecular formula is C22H22ClN7O3. The number of halogens is 1. The van der Waals surface area contributed by atoms with E-state index in [-0.39, 0.29) is 18.0 Å². The van der Waals surface area contributed by atoms with Gasteiger partial charge in [-0.2, -0.15) is 5.10 Å². The Morgan fingerprint density at radius 3 is 2.82 bits per heavy atom. The number of rotatable bonds is 5. The summed E-state index contributed by atoms with van der Waals surface area (Å²) in [6, 6.07) is 5.54. The second-order valence-electron chi connectivity index (χ2n) is 8.22. The van der Waals surface area contributed by atoms with E-state index in [4.69, 9.17) is 16.7 Å². The van der Waals surface area contributed by atoms with Crippen LogP contribution in [-0.4, -0.2) is 54.3 Å². The van der Waals surface area contributed by atoms with Crippen LogP contribution in [0.25, 0.3) is 33.5 Å². The number of alkyl halides is 1. The summed E-state index contributed by atoms with van der Waals surface area (Å²) in [5.41, 5.74) is 4.36. The molecule has 2 atom stereocenters. The molecule has 4 aromatic rings. The summed E-state index contributed by atoms with van der Waals surface area (Å²) in [5.74, 6) is 0.138. The monoisotopic (exact) mass is 467 g/mol. The first kappa shape index (κ1) is 21.2. The number of fused-ring (bicyclic) bond motifs is 2. The molecular weight excluding hydrogens is 446 g/mol. The smallest absolute Gasteiger partial charge is 0.404 e. The molecule has 0 saturated heterocycles. The van der Waals surface area contributed by atoms with Gasteiger partial charge >= 0.3 is 6.09 Å². The molecule has 3 heterocycles. The number of carbonyl (C=O) groups is 2. The van der Waals surface area contributed by atoms with Crippen molar-refractivity contribution in [1.29, 1.82) is 0 Å². The first-order valence-corrected chi connectivity index (χ1v) is 11.2. The second-order valence-corrected chi connectivity index (χ2v) is 8.49. The van der Waals surface area contributed by atoms with Crippen LogP contribution in [0.15, 0.2) is 30.6 Å². The molecule has 1 fully saturated rings. The molecule has 0 bridgehead atoms. The van der Waals surface area contributed by atoms with Gasteiger partial charge in [0.15, 0.2) is 5.65 Å². The summed E-state index contributed by atoms with van der Waals surface area (Å²) < 4.78 is 0. The molecule has 5 N–H and O–H groups in total. The van der Waals surface area contributed by atoms with E-state index in [0.717, 1.165) is 35.7 Å². The minimum atomic E-state index is -1.05. The van der Waals surface area contributed by atoms with Crippen LogP contribution < -0.4 is 10.6 Å². The number of hydrogen-bond acceptors (Lipinski definition) is 5. The Balaban J connectivity index is 1.41. The predicted molar refractivity (Wildman–Crippen MR) is 123 cm³/mol. The van der Waals surface area contributed by atoms with Gasteiger partial charge in [-0.15, -0.1) is 11.6 Å². The Hall–Kier alpha value is -3.66. The number of carboxylic acid groups (broad SMARTS) is 1. The molecule has 1 aromatic carbocycles. The van der Waals surface area contributed by atoms with Gasteiger partial charge in [-0.1, -0.05) is 12.1 Å². The van der Waals surface area contributed by atoms with Crippen LogP contribution >= 0.6 is 11.6 Å². The van der Waals surface area contributed by atoms with Crippen LogP contribution in [0.3, 0.4) is 0 Å². The molecule has 2 amide bonds. The van der Waals surface area contributed by atoms with Gasteiger partial charge in [-0.05, 0) is 37.3 Å². The van der Waals surface area contributed by atoms with Crippen LogP contribution in [0.5, 0.6) is 0 Å². The largest absolute Gasteiger partial charge is 0.465 e. The normalized spacial score (nSPS) is 18.5. The summed E-state index contributed by atoms with van der Waals surface area (Å²) >= 11 is 5.92. The molecule has 0 radical (unpaired) electrons. The highest BCUT2D eigenvalue weighted by Gasteiger charge is 2.26. The Labute approximate surface area is 193 Å². The molecule has 1 aliphatic rings. The molecule has 2 unspecified atom stereocenters. The lowest BCUT2D eigenvalue weighted by Gasteiger charge is -2.29. The summed E-state index contributed by atoms with van der Waals surface area (Å²) in [7, 11) is 0. The Bertz CT molecular complexity index is 1350. The van der Waals surface area contributed by atoms with Gasteiger partial charge in [-0.3, -0.25) is 9.89 Å². The van der Waals surface area contributed by atoms with Crippen LogP contribution in [0.1, 0.15) is 41.6 Å². The maximum absolute atomic E-state index is 13.0. The maximum Gasteiger partial charge on any atom is 0.404 e. The third kappa shape index (κ3) is 4.21. The van der Waals surface area contributed by atoms with Crippen molar-refractivity contribution in [2.75, 3.05) is 0 Å². The third-order valence-corrected chi connectivity index (χ3v) is 6.30. The van der Waals surface area contributed by atoms with Crippen LogP contribution in [0, 0.1) is 0 Å². The van der Waals surface area contributed by atoms with E-state index in [1.54, 1.807) is 12.4 Å². The molecule has 1 saturated carbocycles. The van der Waals surface area contributed by atoms with Crippen molar-refractivity contribution < 1.29 is 14.7 Å². The quantitative estimate of drug-likeness (QED) is 0.283. The van der Waals surface area contributed by atoms with Gasteiger partial charge in [0.1, 0.15) is 16.9 Å². The molecule has 10 nitrogen and oxygen atoms in total. The predicted octanol–water partition coefficient (Wildman–Crippen LogP) is 3.55. The second kappa shape index (κ2) is 8.70. The lowest BCUT2D eigenvalue weighted by molar-refractivity contribution is 0.0925. The SMILES string of the molecule is O=C(O)NC1CCCC(NC(=O)c2c[nH]c3ncc(-c4n[nH]c5cc(CCl)ccc45)nc23)C1. The zero-order valence-electron chi connectivity index (χ0n) is 17.6. The highest BCUT2D eigenvalue weighted by Crippen LogP contribution is 2.27. The first-order valence-electron chi connectivity index (χ1n) is 10.7. The highest BCUT2D eigenvalue weighted by molar-refractivity contribution is 6.17. The van der Waals surface area contributed by atoms with Gasteiger partial charge in [0.05, 0.1) is 17.3 Å². The first-order chi connectivity index (χ1) is 16.0. The zero-order chi connectivity index (χ0) is 22.9. The fourth-order valence-corrected chi connectivity index (χ4v) is 4.58. The molecule has 170 valence electrons. The number of nitrogens with zero attached hydrogens (tertiary/aromatic N) is 3. The third-order valence-electron chi connectivity index (χ3n) is 5.99. The zero-order valence-corrected chi connectivity index (χ0v) is 18.3. The van der Waals surface area contributed by atoms with E-state index >= 15 is 0 Å². The molecule has 0 aliphatic heterocycles. The number of aromatic amines is 2. The van der Waals surface area contributed by atoms with E-state index in [1.165, 1.54) is 0 Å². The van der Waals surface area contributed by atoms with E-state index in [2.05, 4.69) is 35.8 Å². The van der Waals surface area contributed by atoms with Crippen molar-refractivity contribution >= 4 is 45.7 Å². The van der Waals surface area contributed by atoms with Crippen LogP contribution in [0.2, 0.25) is 0 Å². The number of nitrogens with one attached hydrogen (secondary N) is 4. The minimum Gasteiger partial charge on any atom is -0.465 e. The van der Waals surface area contributed by atoms with E-state index in [1.807, 2.05) is 18.2 Å². The number of amides is 2. The lowest BCUT2D eigenvalue weighted by atomic mass is 9.91. The maximum atomic E-state index is 13.0. The standard InChI is InChI=1S/C22H22ClN7O3/c23-8-11-4-5-14-16(6-11)29-30-18(14)17-10-25-20-19(28-17)15(9-24-20)21(31)26-12-2-1-3-13(7-12)27-22(32)33/h4-6,9-10,12-13,27H,1-3,7-8H2,(H,24,25)(H,26,31)(H,29,30)(H,32,33). The van der Waals surface area contributed by atoms with Gasteiger partial charge < -0.3 is 20.7 Å². The van der Waals surface area contributed by atoms with Crippen molar-refractivity contribution in [3.05, 3.63) is 41.7 Å². The lowest BCUT2D eigenvalue weighted by Crippen LogP contribution is -2.45. The molecule has 0 spiro atoms. The average molecular weight is 468 g/mol. The fourth-order valence-electron chi connectivity index (χ4n) is 4.41. The van der Waals surface area contributed by atoms with Gasteiger partial charge in [0.2, 0.25) is 0 Å². The van der Waals surface area contributed by atoms with E-state index < -0.39 is 6.09 Å². The van der Waals surface area contributed by atoms with E-state index in [0.29, 0.717) is 40.4 Å². The summed E-state index contributed by atoms with van der Waals surface area (Å²) in [6.07, 6.45) is 5.13. The van der Waals surface area contributed by atoms with E-state index in [9.17, 15) is 9.59 Å². The average Bonchev–Trinajstić information content (AvgIpc) is 3.42. The topological polar surface area (TPSA) is 149 Å². The van der Waals surface area contributed by atoms with Crippen molar-refractivity contribution in [3.8, 4) is 11.4 Å². The van der Waals surface area contributed by atoms with Crippen molar-refractivity contribution in [2.45, 2.75) is 43.6 Å². The summed E-state index contributed by atoms with van der Waals surface area (Å²) in [4.78, 5) is 36.1. The summed E-state index contributed by atoms with van der Waals surface area (Å²) in [6.45, 7) is 0. The van der Waals surface area contributed by atoms with Gasteiger partial charge in [-0.25, -0.2) is 14.8 Å².